The quantitative estimate of drug-likeness (QED) is 0.695. The van der Waals surface area contributed by atoms with E-state index in [0.717, 1.165) is 16.6 Å². The summed E-state index contributed by atoms with van der Waals surface area (Å²) in [6.45, 7) is 0. The highest BCUT2D eigenvalue weighted by molar-refractivity contribution is 5.39. The van der Waals surface area contributed by atoms with Crippen molar-refractivity contribution in [3.05, 3.63) is 62.9 Å². The highest BCUT2D eigenvalue weighted by atomic mass is 16.3. The highest BCUT2D eigenvalue weighted by Gasteiger charge is 2.62. The minimum Gasteiger partial charge on any atom is -0.388 e. The van der Waals surface area contributed by atoms with Crippen molar-refractivity contribution in [3.8, 4) is 5.69 Å². The van der Waals surface area contributed by atoms with E-state index in [1.165, 1.54) is 9.36 Å². The fourth-order valence-electron chi connectivity index (χ4n) is 4.33. The Morgan fingerprint density at radius 3 is 2.48 bits per heavy atom. The van der Waals surface area contributed by atoms with E-state index in [-0.39, 0.29) is 0 Å². The predicted molar refractivity (Wildman–Crippen MR) is 80.6 cm³/mol. The second kappa shape index (κ2) is 3.93. The zero-order chi connectivity index (χ0) is 15.9. The van der Waals surface area contributed by atoms with E-state index < -0.39 is 35.2 Å². The van der Waals surface area contributed by atoms with E-state index in [0.29, 0.717) is 12.1 Å². The first-order chi connectivity index (χ1) is 11.1. The molecule has 1 aromatic heterocycles. The molecule has 4 aliphatic rings. The Kier molecular flexibility index (Phi) is 2.24. The molecule has 23 heavy (non-hydrogen) atoms. The van der Waals surface area contributed by atoms with Crippen LogP contribution in [-0.2, 0) is 5.54 Å². The number of hydrogen-bond donors (Lipinski definition) is 2. The molecule has 2 aliphatic heterocycles. The van der Waals surface area contributed by atoms with Crippen LogP contribution in [0.3, 0.4) is 0 Å². The number of aliphatic hydroxyl groups excluding tert-OH is 2. The second-order valence-corrected chi connectivity index (χ2v) is 6.43. The highest BCUT2D eigenvalue weighted by Crippen LogP contribution is 2.55. The first kappa shape index (κ1) is 13.1. The third-order valence-corrected chi connectivity index (χ3v) is 5.52. The summed E-state index contributed by atoms with van der Waals surface area (Å²) in [6, 6.07) is 8.00. The number of hydrogen-bond acceptors (Lipinski definition) is 4. The van der Waals surface area contributed by atoms with Gasteiger partial charge in [-0.1, -0.05) is 24.3 Å². The Balaban J connectivity index is 1.88. The lowest BCUT2D eigenvalue weighted by molar-refractivity contribution is -0.132. The molecule has 2 N–H and O–H groups in total. The van der Waals surface area contributed by atoms with Crippen LogP contribution in [0.25, 0.3) is 5.69 Å². The molecule has 7 nitrogen and oxygen atoms in total. The molecule has 1 saturated carbocycles. The maximum Gasteiger partial charge on any atom is 0.352 e. The van der Waals surface area contributed by atoms with Crippen molar-refractivity contribution in [1.29, 1.82) is 0 Å². The number of aliphatic hydroxyl groups is 2. The molecule has 2 aliphatic carbocycles. The van der Waals surface area contributed by atoms with Gasteiger partial charge in [-0.05, 0) is 30.5 Å². The van der Waals surface area contributed by atoms with Crippen LogP contribution in [0.4, 0.5) is 0 Å². The average Bonchev–Trinajstić information content (AvgIpc) is 2.79. The Morgan fingerprint density at radius 1 is 1.09 bits per heavy atom. The van der Waals surface area contributed by atoms with Crippen molar-refractivity contribution >= 4 is 0 Å². The Morgan fingerprint density at radius 2 is 1.83 bits per heavy atom. The molecule has 1 fully saturated rings. The first-order valence-electron chi connectivity index (χ1n) is 7.67. The number of para-hydroxylation sites is 1. The molecule has 1 aromatic carbocycles. The number of nitrogens with zero attached hydrogens (tertiary/aromatic N) is 3. The van der Waals surface area contributed by atoms with Crippen LogP contribution in [0.5, 0.6) is 0 Å². The molecule has 7 heteroatoms. The molecular formula is C16H15N3O4. The van der Waals surface area contributed by atoms with Gasteiger partial charge in [-0.15, -0.1) is 0 Å². The summed E-state index contributed by atoms with van der Waals surface area (Å²) in [5, 5.41) is 20.9. The van der Waals surface area contributed by atoms with E-state index in [1.54, 1.807) is 24.3 Å². The van der Waals surface area contributed by atoms with E-state index in [2.05, 4.69) is 0 Å². The van der Waals surface area contributed by atoms with E-state index >= 15 is 0 Å². The minimum atomic E-state index is -1.08. The van der Waals surface area contributed by atoms with Gasteiger partial charge in [0.15, 0.2) is 0 Å². The van der Waals surface area contributed by atoms with Gasteiger partial charge in [0, 0.05) is 0 Å². The average molecular weight is 313 g/mol. The summed E-state index contributed by atoms with van der Waals surface area (Å²) >= 11 is 0. The van der Waals surface area contributed by atoms with Gasteiger partial charge in [0.25, 0.3) is 0 Å². The summed E-state index contributed by atoms with van der Waals surface area (Å²) in [6.07, 6.45) is 1.00. The van der Waals surface area contributed by atoms with E-state index in [4.69, 9.17) is 0 Å². The third-order valence-electron chi connectivity index (χ3n) is 5.52. The molecule has 2 bridgehead atoms. The molecule has 0 amide bonds. The van der Waals surface area contributed by atoms with Crippen molar-refractivity contribution in [2.45, 2.75) is 36.6 Å². The largest absolute Gasteiger partial charge is 0.388 e. The summed E-state index contributed by atoms with van der Waals surface area (Å²) in [4.78, 5) is 25.8. The van der Waals surface area contributed by atoms with Gasteiger partial charge < -0.3 is 10.2 Å². The van der Waals surface area contributed by atoms with Crippen molar-refractivity contribution < 1.29 is 10.2 Å². The van der Waals surface area contributed by atoms with Gasteiger partial charge in [0.2, 0.25) is 0 Å². The number of rotatable bonds is 1. The summed E-state index contributed by atoms with van der Waals surface area (Å²) in [5.41, 5.74) is -0.504. The minimum absolute atomic E-state index is 0.470. The molecule has 2 aromatic rings. The zero-order valence-electron chi connectivity index (χ0n) is 12.2. The van der Waals surface area contributed by atoms with E-state index in [9.17, 15) is 19.8 Å². The summed E-state index contributed by atoms with van der Waals surface area (Å²) < 4.78 is 3.77. The lowest BCUT2D eigenvalue weighted by Crippen LogP contribution is -2.69. The van der Waals surface area contributed by atoms with Gasteiger partial charge in [-0.3, -0.25) is 0 Å². The van der Waals surface area contributed by atoms with Gasteiger partial charge in [0.05, 0.1) is 5.69 Å². The third kappa shape index (κ3) is 1.26. The number of aromatic nitrogens is 3. The normalized spacial score (nSPS) is 33.7. The number of fused-ring (bicyclic) bond motifs is 1. The van der Waals surface area contributed by atoms with Crippen LogP contribution in [0, 0.1) is 0 Å². The van der Waals surface area contributed by atoms with Crippen molar-refractivity contribution in [3.63, 3.8) is 0 Å². The standard InChI is InChI=1S/C16H15N3O4/c20-12-11-8-9-6-7-16(9,13(12)21)19-15(23)17(14(22)18(11)19)10-4-2-1-3-5-10/h1-5,8,11-13,20-21H,6-7H2/t11-,12-,13+,16+/m0/s1. The predicted octanol–water partition coefficient (Wildman–Crippen LogP) is -0.494. The Labute approximate surface area is 130 Å². The SMILES string of the molecule is O=c1n(-c2ccccc2)c(=O)n2n1[C@H]1C=C3CC[C@]32[C@H](O)[C@H]1O. The van der Waals surface area contributed by atoms with Crippen LogP contribution in [0.2, 0.25) is 0 Å². The van der Waals surface area contributed by atoms with Gasteiger partial charge in [-0.2, -0.15) is 0 Å². The van der Waals surface area contributed by atoms with Gasteiger partial charge >= 0.3 is 11.4 Å². The maximum absolute atomic E-state index is 12.9. The molecule has 0 saturated heterocycles. The fourth-order valence-corrected chi connectivity index (χ4v) is 4.33. The van der Waals surface area contributed by atoms with Crippen LogP contribution in [-0.4, -0.2) is 36.4 Å². The Bertz CT molecular complexity index is 967. The topological polar surface area (TPSA) is 89.4 Å². The number of benzene rings is 1. The molecule has 1 spiro atoms. The second-order valence-electron chi connectivity index (χ2n) is 6.43. The molecule has 6 rings (SSSR count). The zero-order valence-corrected chi connectivity index (χ0v) is 12.2. The summed E-state index contributed by atoms with van der Waals surface area (Å²) in [7, 11) is 0. The smallest absolute Gasteiger partial charge is 0.352 e. The van der Waals surface area contributed by atoms with Crippen molar-refractivity contribution in [1.82, 2.24) is 13.9 Å². The van der Waals surface area contributed by atoms with Crippen LogP contribution in [0.15, 0.2) is 51.6 Å². The maximum atomic E-state index is 12.9. The molecule has 0 unspecified atom stereocenters. The van der Waals surface area contributed by atoms with Crippen molar-refractivity contribution in [2.75, 3.05) is 0 Å². The fraction of sp³-hybridized carbons (Fsp3) is 0.375. The lowest BCUT2D eigenvalue weighted by atomic mass is 9.61. The summed E-state index contributed by atoms with van der Waals surface area (Å²) in [5.74, 6) is 0. The molecule has 3 heterocycles. The van der Waals surface area contributed by atoms with Crippen molar-refractivity contribution in [2.24, 2.45) is 0 Å². The monoisotopic (exact) mass is 313 g/mol. The molecule has 0 radical (unpaired) electrons. The Hall–Kier alpha value is -2.38. The van der Waals surface area contributed by atoms with Crippen LogP contribution >= 0.6 is 0 Å². The van der Waals surface area contributed by atoms with E-state index in [1.807, 2.05) is 12.1 Å². The van der Waals surface area contributed by atoms with Gasteiger partial charge in [-0.25, -0.2) is 23.5 Å². The van der Waals surface area contributed by atoms with Gasteiger partial charge in [0.1, 0.15) is 23.8 Å². The van der Waals surface area contributed by atoms with Crippen LogP contribution in [0.1, 0.15) is 18.9 Å². The molecular weight excluding hydrogens is 298 g/mol. The molecule has 4 atom stereocenters. The van der Waals surface area contributed by atoms with Crippen LogP contribution < -0.4 is 11.4 Å². The molecule has 118 valence electrons. The first-order valence-corrected chi connectivity index (χ1v) is 7.67. The lowest BCUT2D eigenvalue weighted by Gasteiger charge is -2.58.